The number of pyridine rings is 1. The second-order valence-corrected chi connectivity index (χ2v) is 7.98. The maximum Gasteiger partial charge on any atom is 0.410 e. The number of aromatic nitrogens is 1. The number of hydrogen-bond acceptors (Lipinski definition) is 5. The molecule has 2 N–H and O–H groups in total. The van der Waals surface area contributed by atoms with Gasteiger partial charge < -0.3 is 20.1 Å². The number of hydrogen-bond donors (Lipinski definition) is 2. The van der Waals surface area contributed by atoms with Crippen LogP contribution in [0.15, 0.2) is 42.6 Å². The Kier molecular flexibility index (Phi) is 5.83. The highest BCUT2D eigenvalue weighted by molar-refractivity contribution is 5.94. The van der Waals surface area contributed by atoms with Gasteiger partial charge >= 0.3 is 6.09 Å². The third-order valence-corrected chi connectivity index (χ3v) is 4.40. The number of aliphatic hydroxyl groups excluding tert-OH is 1. The average Bonchev–Trinajstić information content (AvgIpc) is 3.01. The first-order valence-electron chi connectivity index (χ1n) is 9.31. The molecule has 8 heteroatoms. The number of carbonyl (C=O) groups excluding carboxylic acids is 2. The first kappa shape index (κ1) is 20.7. The number of aliphatic hydroxyl groups is 1. The summed E-state index contributed by atoms with van der Waals surface area (Å²) >= 11 is 0. The van der Waals surface area contributed by atoms with Crippen LogP contribution in [0.3, 0.4) is 0 Å². The summed E-state index contributed by atoms with van der Waals surface area (Å²) in [6.45, 7) is 5.51. The van der Waals surface area contributed by atoms with Gasteiger partial charge in [-0.25, -0.2) is 9.18 Å². The van der Waals surface area contributed by atoms with E-state index in [-0.39, 0.29) is 18.9 Å². The Morgan fingerprint density at radius 2 is 2.00 bits per heavy atom. The van der Waals surface area contributed by atoms with E-state index in [9.17, 15) is 19.1 Å². The minimum absolute atomic E-state index is 0.0800. The highest BCUT2D eigenvalue weighted by Gasteiger charge is 2.37. The molecule has 1 aromatic heterocycles. The summed E-state index contributed by atoms with van der Waals surface area (Å²) in [6, 6.07) is 8.62. The maximum absolute atomic E-state index is 13.4. The molecule has 1 aliphatic heterocycles. The number of nitrogens with one attached hydrogen (secondary N) is 1. The number of ether oxygens (including phenoxy) is 1. The lowest BCUT2D eigenvalue weighted by Crippen LogP contribution is -2.43. The number of carbonyl (C=O) groups is 2. The molecule has 3 rings (SSSR count). The van der Waals surface area contributed by atoms with E-state index in [1.807, 2.05) is 0 Å². The number of β-amino-alcohol motifs (C(OH)–C–C–N with tert-alkyl or cyclic N) is 1. The van der Waals surface area contributed by atoms with Gasteiger partial charge in [-0.1, -0.05) is 12.1 Å². The van der Waals surface area contributed by atoms with E-state index in [4.69, 9.17) is 4.74 Å². The van der Waals surface area contributed by atoms with E-state index in [0.29, 0.717) is 16.8 Å². The van der Waals surface area contributed by atoms with Crippen LogP contribution in [0, 0.1) is 5.82 Å². The Labute approximate surface area is 168 Å². The lowest BCUT2D eigenvalue weighted by molar-refractivity contribution is 0.0269. The van der Waals surface area contributed by atoms with Crippen molar-refractivity contribution in [3.05, 3.63) is 54.0 Å². The van der Waals surface area contributed by atoms with E-state index in [1.165, 1.54) is 23.2 Å². The molecule has 0 aliphatic carbocycles. The van der Waals surface area contributed by atoms with Crippen molar-refractivity contribution in [1.82, 2.24) is 15.2 Å². The number of likely N-dealkylation sites (tertiary alicyclic amines) is 1. The molecule has 2 amide bonds. The van der Waals surface area contributed by atoms with Crippen LogP contribution in [-0.2, 0) is 4.74 Å². The Hall–Kier alpha value is -3.00. The van der Waals surface area contributed by atoms with Gasteiger partial charge in [0.1, 0.15) is 11.4 Å². The maximum atomic E-state index is 13.4. The van der Waals surface area contributed by atoms with E-state index >= 15 is 0 Å². The summed E-state index contributed by atoms with van der Waals surface area (Å²) in [5.41, 5.74) is 0.806. The van der Waals surface area contributed by atoms with Crippen molar-refractivity contribution >= 4 is 12.0 Å². The van der Waals surface area contributed by atoms with Crippen LogP contribution in [0.5, 0.6) is 0 Å². The van der Waals surface area contributed by atoms with Crippen LogP contribution in [0.1, 0.15) is 31.1 Å². The Balaban J connectivity index is 1.62. The van der Waals surface area contributed by atoms with Gasteiger partial charge in [-0.05, 0) is 45.0 Å². The molecule has 1 saturated heterocycles. The van der Waals surface area contributed by atoms with Crippen LogP contribution < -0.4 is 5.32 Å². The second-order valence-electron chi connectivity index (χ2n) is 7.98. The molecule has 154 valence electrons. The Morgan fingerprint density at radius 1 is 1.24 bits per heavy atom. The molecule has 29 heavy (non-hydrogen) atoms. The van der Waals surface area contributed by atoms with E-state index in [2.05, 4.69) is 10.3 Å². The lowest BCUT2D eigenvalue weighted by atomic mass is 10.1. The molecule has 0 radical (unpaired) electrons. The highest BCUT2D eigenvalue weighted by atomic mass is 19.1. The van der Waals surface area contributed by atoms with Gasteiger partial charge in [0.25, 0.3) is 5.91 Å². The summed E-state index contributed by atoms with van der Waals surface area (Å²) in [5, 5.41) is 12.9. The van der Waals surface area contributed by atoms with Crippen LogP contribution in [0.4, 0.5) is 9.18 Å². The Morgan fingerprint density at radius 3 is 2.62 bits per heavy atom. The van der Waals surface area contributed by atoms with Gasteiger partial charge in [0.2, 0.25) is 0 Å². The van der Waals surface area contributed by atoms with Crippen molar-refractivity contribution in [2.75, 3.05) is 13.1 Å². The first-order valence-corrected chi connectivity index (χ1v) is 9.31. The smallest absolute Gasteiger partial charge is 0.410 e. The fourth-order valence-corrected chi connectivity index (χ4v) is 3.00. The molecule has 1 aliphatic rings. The lowest BCUT2D eigenvalue weighted by Gasteiger charge is -2.24. The van der Waals surface area contributed by atoms with Crippen LogP contribution >= 0.6 is 0 Å². The zero-order valence-electron chi connectivity index (χ0n) is 16.6. The molecule has 0 saturated carbocycles. The molecule has 0 spiro atoms. The topological polar surface area (TPSA) is 91.8 Å². The first-order chi connectivity index (χ1) is 13.6. The number of nitrogens with zero attached hydrogens (tertiary/aromatic N) is 2. The van der Waals surface area contributed by atoms with Gasteiger partial charge in [-0.15, -0.1) is 0 Å². The largest absolute Gasteiger partial charge is 0.444 e. The molecule has 1 aromatic carbocycles. The highest BCUT2D eigenvalue weighted by Crippen LogP contribution is 2.19. The molecular formula is C21H24FN3O4. The second kappa shape index (κ2) is 8.16. The number of amides is 2. The minimum Gasteiger partial charge on any atom is -0.444 e. The van der Waals surface area contributed by atoms with E-state index in [1.54, 1.807) is 45.0 Å². The minimum atomic E-state index is -0.897. The van der Waals surface area contributed by atoms with Crippen molar-refractivity contribution < 1.29 is 23.8 Å². The van der Waals surface area contributed by atoms with E-state index in [0.717, 1.165) is 0 Å². The molecule has 2 heterocycles. The summed E-state index contributed by atoms with van der Waals surface area (Å²) in [5.74, 6) is -0.783. The monoisotopic (exact) mass is 401 g/mol. The third kappa shape index (κ3) is 5.29. The van der Waals surface area contributed by atoms with Crippen molar-refractivity contribution in [2.45, 2.75) is 38.5 Å². The summed E-state index contributed by atoms with van der Waals surface area (Å²) < 4.78 is 18.6. The third-order valence-electron chi connectivity index (χ3n) is 4.40. The molecule has 0 bridgehead atoms. The van der Waals surface area contributed by atoms with Gasteiger partial charge in [-0.2, -0.15) is 0 Å². The molecule has 7 nitrogen and oxygen atoms in total. The summed E-state index contributed by atoms with van der Waals surface area (Å²) in [7, 11) is 0. The number of benzene rings is 1. The van der Waals surface area contributed by atoms with Crippen molar-refractivity contribution in [3.8, 4) is 11.3 Å². The molecule has 2 atom stereocenters. The average molecular weight is 401 g/mol. The fraction of sp³-hybridized carbons (Fsp3) is 0.381. The van der Waals surface area contributed by atoms with Gasteiger partial charge in [-0.3, -0.25) is 9.78 Å². The predicted molar refractivity (Wildman–Crippen MR) is 105 cm³/mol. The normalized spacial score (nSPS) is 19.1. The van der Waals surface area contributed by atoms with Crippen LogP contribution in [-0.4, -0.2) is 57.8 Å². The van der Waals surface area contributed by atoms with Crippen LogP contribution in [0.25, 0.3) is 11.3 Å². The van der Waals surface area contributed by atoms with Crippen molar-refractivity contribution in [3.63, 3.8) is 0 Å². The summed E-state index contributed by atoms with van der Waals surface area (Å²) in [6.07, 6.45) is -0.0388. The SMILES string of the molecule is CC(C)(C)OC(=O)N1C[C@H](NC(=O)c2ccc(-c3cccc(F)c3)nc2)[C@@H](O)C1. The predicted octanol–water partition coefficient (Wildman–Crippen LogP) is 2.60. The Bertz CT molecular complexity index is 896. The van der Waals surface area contributed by atoms with Crippen LogP contribution in [0.2, 0.25) is 0 Å². The van der Waals surface area contributed by atoms with Gasteiger partial charge in [0, 0.05) is 18.3 Å². The molecular weight excluding hydrogens is 377 g/mol. The van der Waals surface area contributed by atoms with Gasteiger partial charge in [0.15, 0.2) is 0 Å². The molecule has 2 aromatic rings. The fourth-order valence-electron chi connectivity index (χ4n) is 3.00. The number of halogens is 1. The standard InChI is InChI=1S/C21H24FN3O4/c1-21(2,3)29-20(28)25-11-17(18(26)12-25)24-19(27)14-7-8-16(23-10-14)13-5-4-6-15(22)9-13/h4-10,17-18,26H,11-12H2,1-3H3,(H,24,27)/t17-,18-/m0/s1. The van der Waals surface area contributed by atoms with Crippen molar-refractivity contribution in [2.24, 2.45) is 0 Å². The molecule has 0 unspecified atom stereocenters. The number of rotatable bonds is 3. The van der Waals surface area contributed by atoms with Gasteiger partial charge in [0.05, 0.1) is 29.9 Å². The quantitative estimate of drug-likeness (QED) is 0.825. The van der Waals surface area contributed by atoms with E-state index < -0.39 is 29.7 Å². The summed E-state index contributed by atoms with van der Waals surface area (Å²) in [4.78, 5) is 30.2. The zero-order chi connectivity index (χ0) is 21.2. The zero-order valence-corrected chi connectivity index (χ0v) is 16.6. The molecule has 1 fully saturated rings. The van der Waals surface area contributed by atoms with Crippen molar-refractivity contribution in [1.29, 1.82) is 0 Å².